The number of benzene rings is 1. The van der Waals surface area contributed by atoms with Crippen molar-refractivity contribution in [2.24, 2.45) is 11.0 Å². The number of azide groups is 1. The van der Waals surface area contributed by atoms with E-state index in [1.54, 1.807) is 29.2 Å². The maximum absolute atomic E-state index is 11.9. The second kappa shape index (κ2) is 6.02. The van der Waals surface area contributed by atoms with E-state index in [4.69, 9.17) is 5.53 Å². The lowest BCUT2D eigenvalue weighted by molar-refractivity contribution is -0.117. The third-order valence-corrected chi connectivity index (χ3v) is 3.70. The maximum Gasteiger partial charge on any atom is 0.229 e. The van der Waals surface area contributed by atoms with Crippen LogP contribution in [-0.4, -0.2) is 33.7 Å². The third kappa shape index (κ3) is 4.11. The largest absolute Gasteiger partial charge is 0.312 e. The smallest absolute Gasteiger partial charge is 0.229 e. The zero-order chi connectivity index (χ0) is 15.5. The Balaban J connectivity index is 2.08. The van der Waals surface area contributed by atoms with Gasteiger partial charge in [0.05, 0.1) is 6.26 Å². The van der Waals surface area contributed by atoms with Gasteiger partial charge in [-0.15, -0.1) is 0 Å². The first-order valence-corrected chi connectivity index (χ1v) is 8.17. The molecule has 8 nitrogen and oxygen atoms in total. The van der Waals surface area contributed by atoms with Crippen molar-refractivity contribution in [2.45, 2.75) is 6.42 Å². The summed E-state index contributed by atoms with van der Waals surface area (Å²) in [4.78, 5) is 16.3. The zero-order valence-electron chi connectivity index (χ0n) is 11.4. The summed E-state index contributed by atoms with van der Waals surface area (Å²) in [5.74, 6) is -0.0146. The van der Waals surface area contributed by atoms with Crippen LogP contribution in [0.25, 0.3) is 10.4 Å². The van der Waals surface area contributed by atoms with Crippen LogP contribution in [0, 0.1) is 5.92 Å². The number of carbonyl (C=O) groups is 1. The van der Waals surface area contributed by atoms with Gasteiger partial charge in [0.25, 0.3) is 0 Å². The van der Waals surface area contributed by atoms with Crippen molar-refractivity contribution in [3.05, 3.63) is 34.7 Å². The van der Waals surface area contributed by atoms with Gasteiger partial charge in [0, 0.05) is 35.8 Å². The average Bonchev–Trinajstić information content (AvgIpc) is 2.77. The molecular weight excluding hydrogens is 294 g/mol. The highest BCUT2D eigenvalue weighted by molar-refractivity contribution is 7.92. The van der Waals surface area contributed by atoms with Crippen LogP contribution in [0.5, 0.6) is 0 Å². The van der Waals surface area contributed by atoms with E-state index in [9.17, 15) is 13.2 Å². The van der Waals surface area contributed by atoms with Crippen molar-refractivity contribution in [1.29, 1.82) is 0 Å². The molecule has 2 rings (SSSR count). The molecule has 1 aromatic carbocycles. The molecule has 1 saturated heterocycles. The van der Waals surface area contributed by atoms with Crippen LogP contribution in [0.4, 0.5) is 11.4 Å². The fraction of sp³-hybridized carbons (Fsp3) is 0.417. The van der Waals surface area contributed by atoms with Gasteiger partial charge in [0.1, 0.15) is 0 Å². The molecule has 1 amide bonds. The summed E-state index contributed by atoms with van der Waals surface area (Å²) in [7, 11) is -3.32. The molecule has 0 aliphatic carbocycles. The molecule has 0 aromatic heterocycles. The molecule has 1 aliphatic heterocycles. The van der Waals surface area contributed by atoms with Crippen LogP contribution in [-0.2, 0) is 14.8 Å². The SMILES string of the molecule is CS(=O)(=O)Nc1ccc(N2CC(CN=[N+]=[N-])CC2=O)cc1. The molecule has 0 radical (unpaired) electrons. The van der Waals surface area contributed by atoms with Crippen LogP contribution in [0.1, 0.15) is 6.42 Å². The van der Waals surface area contributed by atoms with Crippen molar-refractivity contribution >= 4 is 27.3 Å². The van der Waals surface area contributed by atoms with Crippen molar-refractivity contribution in [3.63, 3.8) is 0 Å². The van der Waals surface area contributed by atoms with Gasteiger partial charge in [-0.05, 0) is 35.7 Å². The van der Waals surface area contributed by atoms with E-state index in [0.29, 0.717) is 30.9 Å². The maximum atomic E-state index is 11.9. The number of nitrogens with zero attached hydrogens (tertiary/aromatic N) is 4. The summed E-state index contributed by atoms with van der Waals surface area (Å²) in [5.41, 5.74) is 9.44. The van der Waals surface area contributed by atoms with Crippen LogP contribution in [0.2, 0.25) is 0 Å². The molecule has 0 spiro atoms. The minimum Gasteiger partial charge on any atom is -0.312 e. The van der Waals surface area contributed by atoms with E-state index < -0.39 is 10.0 Å². The van der Waals surface area contributed by atoms with E-state index >= 15 is 0 Å². The van der Waals surface area contributed by atoms with Crippen molar-refractivity contribution in [2.75, 3.05) is 29.0 Å². The Bertz CT molecular complexity index is 679. The normalized spacial score (nSPS) is 18.4. The van der Waals surface area contributed by atoms with E-state index in [1.165, 1.54) is 0 Å². The minimum absolute atomic E-state index is 0.0159. The lowest BCUT2D eigenvalue weighted by atomic mass is 10.1. The Morgan fingerprint density at radius 1 is 1.43 bits per heavy atom. The van der Waals surface area contributed by atoms with Gasteiger partial charge in [-0.25, -0.2) is 8.42 Å². The zero-order valence-corrected chi connectivity index (χ0v) is 12.2. The number of amides is 1. The molecule has 21 heavy (non-hydrogen) atoms. The molecular formula is C12H15N5O3S. The number of anilines is 2. The van der Waals surface area contributed by atoms with Crippen LogP contribution in [0.3, 0.4) is 0 Å². The Hall–Kier alpha value is -2.25. The number of hydrogen-bond acceptors (Lipinski definition) is 4. The highest BCUT2D eigenvalue weighted by Crippen LogP contribution is 2.26. The highest BCUT2D eigenvalue weighted by atomic mass is 32.2. The molecule has 1 N–H and O–H groups in total. The predicted molar refractivity (Wildman–Crippen MR) is 79.4 cm³/mol. The van der Waals surface area contributed by atoms with Crippen LogP contribution < -0.4 is 9.62 Å². The molecule has 1 heterocycles. The van der Waals surface area contributed by atoms with Crippen LogP contribution in [0.15, 0.2) is 29.4 Å². The van der Waals surface area contributed by atoms with Gasteiger partial charge in [0.2, 0.25) is 15.9 Å². The van der Waals surface area contributed by atoms with Gasteiger partial charge < -0.3 is 4.90 Å². The van der Waals surface area contributed by atoms with Crippen molar-refractivity contribution < 1.29 is 13.2 Å². The van der Waals surface area contributed by atoms with E-state index in [1.807, 2.05) is 0 Å². The van der Waals surface area contributed by atoms with Crippen molar-refractivity contribution in [3.8, 4) is 0 Å². The van der Waals surface area contributed by atoms with E-state index in [0.717, 1.165) is 6.26 Å². The minimum atomic E-state index is -3.32. The molecule has 1 aliphatic rings. The quantitative estimate of drug-likeness (QED) is 0.507. The summed E-state index contributed by atoms with van der Waals surface area (Å²) in [6.07, 6.45) is 1.42. The molecule has 1 unspecified atom stereocenters. The van der Waals surface area contributed by atoms with E-state index in [-0.39, 0.29) is 11.8 Å². The van der Waals surface area contributed by atoms with Gasteiger partial charge >= 0.3 is 0 Å². The summed E-state index contributed by atoms with van der Waals surface area (Å²) in [5, 5.41) is 3.50. The standard InChI is InChI=1S/C12H15N5O3S/c1-21(19,20)15-10-2-4-11(5-3-10)17-8-9(6-12(17)18)7-14-16-13/h2-5,9,15H,6-8H2,1H3. The molecule has 1 aromatic rings. The lowest BCUT2D eigenvalue weighted by Gasteiger charge is -2.17. The van der Waals surface area contributed by atoms with Crippen LogP contribution >= 0.6 is 0 Å². The molecule has 9 heteroatoms. The Morgan fingerprint density at radius 2 is 2.10 bits per heavy atom. The number of nitrogens with one attached hydrogen (secondary N) is 1. The van der Waals surface area contributed by atoms with Crippen molar-refractivity contribution in [1.82, 2.24) is 0 Å². The summed E-state index contributed by atoms with van der Waals surface area (Å²) < 4.78 is 24.6. The molecule has 1 fully saturated rings. The van der Waals surface area contributed by atoms with Gasteiger partial charge in [-0.1, -0.05) is 5.11 Å². The number of hydrogen-bond donors (Lipinski definition) is 1. The first kappa shape index (κ1) is 15.1. The number of rotatable bonds is 5. The summed E-state index contributed by atoms with van der Waals surface area (Å²) in [6, 6.07) is 6.57. The van der Waals surface area contributed by atoms with E-state index in [2.05, 4.69) is 14.7 Å². The van der Waals surface area contributed by atoms with Gasteiger partial charge in [-0.2, -0.15) is 0 Å². The molecule has 0 bridgehead atoms. The number of carbonyl (C=O) groups excluding carboxylic acids is 1. The average molecular weight is 309 g/mol. The molecule has 1 atom stereocenters. The molecule has 0 saturated carbocycles. The first-order valence-electron chi connectivity index (χ1n) is 6.28. The van der Waals surface area contributed by atoms with Gasteiger partial charge in [-0.3, -0.25) is 9.52 Å². The van der Waals surface area contributed by atoms with Gasteiger partial charge in [0.15, 0.2) is 0 Å². The predicted octanol–water partition coefficient (Wildman–Crippen LogP) is 1.72. The lowest BCUT2D eigenvalue weighted by Crippen LogP contribution is -2.24. The fourth-order valence-electron chi connectivity index (χ4n) is 2.23. The summed E-state index contributed by atoms with van der Waals surface area (Å²) in [6.45, 7) is 0.795. The second-order valence-corrected chi connectivity index (χ2v) is 6.66. The monoisotopic (exact) mass is 309 g/mol. The number of sulfonamides is 1. The molecule has 112 valence electrons. The topological polar surface area (TPSA) is 115 Å². The fourth-order valence-corrected chi connectivity index (χ4v) is 2.79. The first-order chi connectivity index (χ1) is 9.89. The Labute approximate surface area is 122 Å². The third-order valence-electron chi connectivity index (χ3n) is 3.09. The Morgan fingerprint density at radius 3 is 2.67 bits per heavy atom. The second-order valence-electron chi connectivity index (χ2n) is 4.91. The summed E-state index contributed by atoms with van der Waals surface area (Å²) >= 11 is 0. The Kier molecular flexibility index (Phi) is 4.35. The highest BCUT2D eigenvalue weighted by Gasteiger charge is 2.29.